The van der Waals surface area contributed by atoms with E-state index in [9.17, 15) is 14.9 Å². The topological polar surface area (TPSA) is 112 Å². The van der Waals surface area contributed by atoms with Crippen LogP contribution in [0.15, 0.2) is 29.3 Å². The summed E-state index contributed by atoms with van der Waals surface area (Å²) < 4.78 is 0. The molecule has 0 saturated carbocycles. The summed E-state index contributed by atoms with van der Waals surface area (Å²) in [4.78, 5) is 28.5. The Labute approximate surface area is 182 Å². The van der Waals surface area contributed by atoms with Crippen LogP contribution >= 0.6 is 24.0 Å². The van der Waals surface area contributed by atoms with Crippen LogP contribution in [0.1, 0.15) is 26.7 Å². The molecule has 9 nitrogen and oxygen atoms in total. The van der Waals surface area contributed by atoms with Gasteiger partial charge in [0, 0.05) is 56.5 Å². The van der Waals surface area contributed by atoms with E-state index in [1.165, 1.54) is 12.1 Å². The fourth-order valence-electron chi connectivity index (χ4n) is 2.91. The Morgan fingerprint density at radius 2 is 2.04 bits per heavy atom. The third-order valence-corrected chi connectivity index (χ3v) is 4.32. The van der Waals surface area contributed by atoms with Gasteiger partial charge in [0.05, 0.1) is 11.5 Å². The number of benzene rings is 1. The molecule has 1 aromatic rings. The van der Waals surface area contributed by atoms with Crippen molar-refractivity contribution in [2.24, 2.45) is 4.99 Å². The first-order chi connectivity index (χ1) is 13.0. The van der Waals surface area contributed by atoms with Crippen LogP contribution in [-0.4, -0.2) is 60.5 Å². The fraction of sp³-hybridized carbons (Fsp3) is 0.556. The van der Waals surface area contributed by atoms with Gasteiger partial charge in [-0.25, -0.2) is 0 Å². The van der Waals surface area contributed by atoms with Crippen LogP contribution in [0.2, 0.25) is 0 Å². The highest BCUT2D eigenvalue weighted by atomic mass is 127. The molecule has 0 aliphatic carbocycles. The third kappa shape index (κ3) is 7.49. The SMILES string of the molecule is CCNC(=NCCNc1ccc([N+](=O)[O-])cc1)NC1CCN(C(=O)CC)C1.I. The van der Waals surface area contributed by atoms with Gasteiger partial charge in [-0.15, -0.1) is 24.0 Å². The van der Waals surface area contributed by atoms with E-state index in [0.717, 1.165) is 31.2 Å². The Morgan fingerprint density at radius 1 is 1.32 bits per heavy atom. The van der Waals surface area contributed by atoms with Crippen LogP contribution in [0.4, 0.5) is 11.4 Å². The Bertz CT molecular complexity index is 668. The van der Waals surface area contributed by atoms with Gasteiger partial charge in [0.1, 0.15) is 0 Å². The molecule has 2 rings (SSSR count). The van der Waals surface area contributed by atoms with Gasteiger partial charge in [-0.1, -0.05) is 6.92 Å². The molecular formula is C18H29IN6O3. The minimum Gasteiger partial charge on any atom is -0.383 e. The molecule has 0 bridgehead atoms. The van der Waals surface area contributed by atoms with Gasteiger partial charge >= 0.3 is 0 Å². The van der Waals surface area contributed by atoms with Gasteiger partial charge in [0.25, 0.3) is 5.69 Å². The molecule has 0 aromatic heterocycles. The lowest BCUT2D eigenvalue weighted by Crippen LogP contribution is -2.45. The number of nitrogens with zero attached hydrogens (tertiary/aromatic N) is 3. The number of amides is 1. The maximum Gasteiger partial charge on any atom is 0.269 e. The van der Waals surface area contributed by atoms with E-state index in [0.29, 0.717) is 26.1 Å². The number of aliphatic imine (C=N–C) groups is 1. The summed E-state index contributed by atoms with van der Waals surface area (Å²) in [5.41, 5.74) is 0.891. The van der Waals surface area contributed by atoms with Crippen molar-refractivity contribution >= 4 is 47.2 Å². The Morgan fingerprint density at radius 3 is 2.64 bits per heavy atom. The quantitative estimate of drug-likeness (QED) is 0.125. The number of halogens is 1. The summed E-state index contributed by atoms with van der Waals surface area (Å²) in [5.74, 6) is 0.923. The zero-order valence-corrected chi connectivity index (χ0v) is 18.6. The Balaban J connectivity index is 0.00000392. The number of hydrogen-bond donors (Lipinski definition) is 3. The van der Waals surface area contributed by atoms with Crippen LogP contribution < -0.4 is 16.0 Å². The fourth-order valence-corrected chi connectivity index (χ4v) is 2.91. The highest BCUT2D eigenvalue weighted by Gasteiger charge is 2.25. The highest BCUT2D eigenvalue weighted by molar-refractivity contribution is 14.0. The van der Waals surface area contributed by atoms with E-state index in [2.05, 4.69) is 20.9 Å². The van der Waals surface area contributed by atoms with Crippen LogP contribution in [0, 0.1) is 10.1 Å². The van der Waals surface area contributed by atoms with E-state index in [1.54, 1.807) is 12.1 Å². The molecule has 1 heterocycles. The average molecular weight is 504 g/mol. The van der Waals surface area contributed by atoms with Crippen LogP contribution in [0.3, 0.4) is 0 Å². The summed E-state index contributed by atoms with van der Waals surface area (Å²) in [6.45, 7) is 7.30. The second-order valence-electron chi connectivity index (χ2n) is 6.31. The number of hydrogen-bond acceptors (Lipinski definition) is 5. The summed E-state index contributed by atoms with van der Waals surface area (Å²) in [6, 6.07) is 6.52. The van der Waals surface area contributed by atoms with Crippen molar-refractivity contribution in [2.75, 3.05) is 38.0 Å². The second-order valence-corrected chi connectivity index (χ2v) is 6.31. The van der Waals surface area contributed by atoms with Gasteiger partial charge in [-0.2, -0.15) is 0 Å². The smallest absolute Gasteiger partial charge is 0.269 e. The number of nitrogens with one attached hydrogen (secondary N) is 3. The van der Waals surface area contributed by atoms with Crippen molar-refractivity contribution in [3.63, 3.8) is 0 Å². The molecule has 1 aliphatic heterocycles. The van der Waals surface area contributed by atoms with Gasteiger partial charge in [-0.05, 0) is 25.5 Å². The van der Waals surface area contributed by atoms with Crippen molar-refractivity contribution in [3.8, 4) is 0 Å². The van der Waals surface area contributed by atoms with Gasteiger partial charge in [-0.3, -0.25) is 19.9 Å². The minimum atomic E-state index is -0.416. The van der Waals surface area contributed by atoms with E-state index in [4.69, 9.17) is 0 Å². The Hall–Kier alpha value is -2.11. The van der Waals surface area contributed by atoms with Crippen molar-refractivity contribution in [1.82, 2.24) is 15.5 Å². The largest absolute Gasteiger partial charge is 0.383 e. The summed E-state index contributed by atoms with van der Waals surface area (Å²) in [7, 11) is 0. The van der Waals surface area contributed by atoms with Gasteiger partial charge < -0.3 is 20.9 Å². The lowest BCUT2D eigenvalue weighted by atomic mass is 10.3. The normalized spacial score (nSPS) is 16.3. The number of likely N-dealkylation sites (tertiary alicyclic amines) is 1. The molecule has 1 aromatic carbocycles. The molecule has 1 unspecified atom stereocenters. The molecule has 1 fully saturated rings. The highest BCUT2D eigenvalue weighted by Crippen LogP contribution is 2.15. The maximum absolute atomic E-state index is 11.8. The number of carbonyl (C=O) groups excluding carboxylic acids is 1. The number of nitro benzene ring substituents is 1. The first-order valence-corrected chi connectivity index (χ1v) is 9.34. The molecular weight excluding hydrogens is 475 g/mol. The van der Waals surface area contributed by atoms with Crippen molar-refractivity contribution < 1.29 is 9.72 Å². The first-order valence-electron chi connectivity index (χ1n) is 9.34. The number of rotatable bonds is 8. The molecule has 0 spiro atoms. The number of carbonyl (C=O) groups is 1. The lowest BCUT2D eigenvalue weighted by molar-refractivity contribution is -0.384. The number of guanidine groups is 1. The first kappa shape index (κ1) is 23.9. The van der Waals surface area contributed by atoms with Gasteiger partial charge in [0.2, 0.25) is 5.91 Å². The summed E-state index contributed by atoms with van der Waals surface area (Å²) in [6.07, 6.45) is 1.45. The van der Waals surface area contributed by atoms with Crippen molar-refractivity contribution in [2.45, 2.75) is 32.7 Å². The number of nitro groups is 1. The van der Waals surface area contributed by atoms with Crippen LogP contribution in [0.25, 0.3) is 0 Å². The van der Waals surface area contributed by atoms with Crippen molar-refractivity contribution in [3.05, 3.63) is 34.4 Å². The number of anilines is 1. The van der Waals surface area contributed by atoms with E-state index in [1.807, 2.05) is 18.7 Å². The predicted octanol–water partition coefficient (Wildman–Crippen LogP) is 2.19. The third-order valence-electron chi connectivity index (χ3n) is 4.32. The molecule has 1 saturated heterocycles. The van der Waals surface area contributed by atoms with Crippen LogP contribution in [0.5, 0.6) is 0 Å². The molecule has 1 aliphatic rings. The van der Waals surface area contributed by atoms with Crippen molar-refractivity contribution in [1.29, 1.82) is 0 Å². The molecule has 0 radical (unpaired) electrons. The zero-order chi connectivity index (χ0) is 19.6. The molecule has 156 valence electrons. The second kappa shape index (κ2) is 12.4. The number of non-ortho nitro benzene ring substituents is 1. The molecule has 3 N–H and O–H groups in total. The summed E-state index contributed by atoms with van der Waals surface area (Å²) in [5, 5.41) is 20.5. The monoisotopic (exact) mass is 504 g/mol. The average Bonchev–Trinajstić information content (AvgIpc) is 3.13. The summed E-state index contributed by atoms with van der Waals surface area (Å²) >= 11 is 0. The van der Waals surface area contributed by atoms with E-state index < -0.39 is 4.92 Å². The zero-order valence-electron chi connectivity index (χ0n) is 16.3. The Kier molecular flexibility index (Phi) is 10.6. The standard InChI is InChI=1S/C18H28N6O3.HI/c1-3-17(25)23-12-9-15(13-23)22-18(19-4-2)21-11-10-20-14-5-7-16(8-6-14)24(26)27;/h5-8,15,20H,3-4,9-13H2,1-2H3,(H2,19,21,22);1H. The maximum atomic E-state index is 11.8. The molecule has 1 amide bonds. The van der Waals surface area contributed by atoms with E-state index >= 15 is 0 Å². The predicted molar refractivity (Wildman–Crippen MR) is 121 cm³/mol. The minimum absolute atomic E-state index is 0. The van der Waals surface area contributed by atoms with Gasteiger partial charge in [0.15, 0.2) is 5.96 Å². The molecule has 10 heteroatoms. The molecule has 1 atom stereocenters. The molecule has 28 heavy (non-hydrogen) atoms. The van der Waals surface area contributed by atoms with Crippen LogP contribution in [-0.2, 0) is 4.79 Å². The van der Waals surface area contributed by atoms with E-state index in [-0.39, 0.29) is 41.6 Å². The lowest BCUT2D eigenvalue weighted by Gasteiger charge is -2.18.